The Kier molecular flexibility index (Phi) is 5.63. The van der Waals surface area contributed by atoms with Crippen molar-refractivity contribution < 1.29 is 9.18 Å². The molecule has 0 bridgehead atoms. The van der Waals surface area contributed by atoms with Crippen LogP contribution in [-0.2, 0) is 6.42 Å². The summed E-state index contributed by atoms with van der Waals surface area (Å²) in [6.45, 7) is 3.91. The van der Waals surface area contributed by atoms with Gasteiger partial charge in [0.1, 0.15) is 5.82 Å². The van der Waals surface area contributed by atoms with Gasteiger partial charge in [-0.05, 0) is 42.3 Å². The fourth-order valence-corrected chi connectivity index (χ4v) is 3.19. The van der Waals surface area contributed by atoms with Crippen molar-refractivity contribution in [1.29, 1.82) is 0 Å². The summed E-state index contributed by atoms with van der Waals surface area (Å²) in [5.41, 5.74) is 1.48. The summed E-state index contributed by atoms with van der Waals surface area (Å²) in [5, 5.41) is 0. The zero-order valence-electron chi connectivity index (χ0n) is 13.4. The highest BCUT2D eigenvalue weighted by Crippen LogP contribution is 2.14. The third kappa shape index (κ3) is 4.22. The fraction of sp³-hybridized carbons (Fsp3) is 0.316. The monoisotopic (exact) mass is 390 g/mol. The van der Waals surface area contributed by atoms with Gasteiger partial charge < -0.3 is 4.90 Å². The molecule has 0 unspecified atom stereocenters. The minimum absolute atomic E-state index is 0.0799. The van der Waals surface area contributed by atoms with Crippen LogP contribution >= 0.6 is 15.9 Å². The molecule has 1 fully saturated rings. The van der Waals surface area contributed by atoms with E-state index in [2.05, 4.69) is 20.8 Å². The fourth-order valence-electron chi connectivity index (χ4n) is 2.93. The molecule has 0 N–H and O–H groups in total. The number of amides is 1. The molecule has 0 saturated carbocycles. The zero-order valence-corrected chi connectivity index (χ0v) is 15.0. The van der Waals surface area contributed by atoms with Crippen LogP contribution in [0, 0.1) is 5.82 Å². The molecule has 1 aliphatic heterocycles. The Bertz CT molecular complexity index is 697. The first-order valence-corrected chi connectivity index (χ1v) is 8.93. The van der Waals surface area contributed by atoms with Gasteiger partial charge in [-0.3, -0.25) is 9.69 Å². The minimum Gasteiger partial charge on any atom is -0.336 e. The van der Waals surface area contributed by atoms with Gasteiger partial charge in [0.25, 0.3) is 5.91 Å². The first kappa shape index (κ1) is 17.1. The first-order valence-electron chi connectivity index (χ1n) is 8.14. The van der Waals surface area contributed by atoms with Crippen LogP contribution in [-0.4, -0.2) is 48.4 Å². The predicted octanol–water partition coefficient (Wildman–Crippen LogP) is 3.59. The van der Waals surface area contributed by atoms with Crippen LogP contribution in [0.2, 0.25) is 0 Å². The van der Waals surface area contributed by atoms with Gasteiger partial charge in [0, 0.05) is 42.8 Å². The average Bonchev–Trinajstić information content (AvgIpc) is 2.62. The number of nitrogens with zero attached hydrogens (tertiary/aromatic N) is 2. The molecule has 3 nitrogen and oxygen atoms in total. The molecule has 5 heteroatoms. The Labute approximate surface area is 150 Å². The number of carbonyl (C=O) groups is 1. The van der Waals surface area contributed by atoms with Crippen molar-refractivity contribution in [2.45, 2.75) is 6.42 Å². The van der Waals surface area contributed by atoms with Crippen LogP contribution in [0.1, 0.15) is 15.9 Å². The van der Waals surface area contributed by atoms with E-state index < -0.39 is 0 Å². The van der Waals surface area contributed by atoms with Crippen LogP contribution in [0.3, 0.4) is 0 Å². The molecule has 3 rings (SSSR count). The summed E-state index contributed by atoms with van der Waals surface area (Å²) >= 11 is 3.38. The second kappa shape index (κ2) is 7.90. The largest absolute Gasteiger partial charge is 0.336 e. The molecule has 0 aliphatic carbocycles. The Balaban J connectivity index is 1.49. The molecular formula is C19H20BrFN2O. The zero-order chi connectivity index (χ0) is 16.9. The van der Waals surface area contributed by atoms with Crippen molar-refractivity contribution in [3.8, 4) is 0 Å². The lowest BCUT2D eigenvalue weighted by Crippen LogP contribution is -2.49. The number of rotatable bonds is 4. The van der Waals surface area contributed by atoms with Crippen LogP contribution in [0.25, 0.3) is 0 Å². The molecule has 126 valence electrons. The van der Waals surface area contributed by atoms with Gasteiger partial charge in [-0.1, -0.05) is 34.1 Å². The van der Waals surface area contributed by atoms with Gasteiger partial charge in [-0.15, -0.1) is 0 Å². The molecule has 1 saturated heterocycles. The highest BCUT2D eigenvalue weighted by atomic mass is 79.9. The van der Waals surface area contributed by atoms with E-state index in [1.165, 1.54) is 6.07 Å². The van der Waals surface area contributed by atoms with Crippen molar-refractivity contribution in [1.82, 2.24) is 9.80 Å². The molecule has 1 heterocycles. The van der Waals surface area contributed by atoms with Gasteiger partial charge in [0.2, 0.25) is 0 Å². The number of hydrogen-bond donors (Lipinski definition) is 0. The third-order valence-corrected chi connectivity index (χ3v) is 4.93. The average molecular weight is 391 g/mol. The highest BCUT2D eigenvalue weighted by molar-refractivity contribution is 9.10. The molecule has 1 aliphatic rings. The lowest BCUT2D eigenvalue weighted by molar-refractivity contribution is 0.0638. The van der Waals surface area contributed by atoms with Gasteiger partial charge in [-0.25, -0.2) is 4.39 Å². The SMILES string of the molecule is O=C(c1ccc(Br)cc1)N1CCN(CCc2ccccc2F)CC1. The van der Waals surface area contributed by atoms with E-state index in [-0.39, 0.29) is 11.7 Å². The van der Waals surface area contributed by atoms with Crippen molar-refractivity contribution >= 4 is 21.8 Å². The predicted molar refractivity (Wildman–Crippen MR) is 96.6 cm³/mol. The lowest BCUT2D eigenvalue weighted by atomic mass is 10.1. The Hall–Kier alpha value is -1.72. The van der Waals surface area contributed by atoms with Gasteiger partial charge in [0.15, 0.2) is 0 Å². The molecule has 24 heavy (non-hydrogen) atoms. The maximum Gasteiger partial charge on any atom is 0.253 e. The highest BCUT2D eigenvalue weighted by Gasteiger charge is 2.22. The van der Waals surface area contributed by atoms with E-state index in [1.807, 2.05) is 41.3 Å². The van der Waals surface area contributed by atoms with Crippen molar-refractivity contribution in [2.24, 2.45) is 0 Å². The first-order chi connectivity index (χ1) is 11.6. The normalized spacial score (nSPS) is 15.5. The van der Waals surface area contributed by atoms with Crippen LogP contribution in [0.5, 0.6) is 0 Å². The van der Waals surface area contributed by atoms with Crippen molar-refractivity contribution in [3.05, 3.63) is 69.9 Å². The Morgan fingerprint density at radius 3 is 2.33 bits per heavy atom. The standard InChI is InChI=1S/C19H20BrFN2O/c20-17-7-5-16(6-8-17)19(24)23-13-11-22(12-14-23)10-9-15-3-1-2-4-18(15)21/h1-8H,9-14H2. The van der Waals surface area contributed by atoms with E-state index in [4.69, 9.17) is 0 Å². The Morgan fingerprint density at radius 2 is 1.67 bits per heavy atom. The molecule has 0 radical (unpaired) electrons. The molecule has 0 aromatic heterocycles. The summed E-state index contributed by atoms with van der Waals surface area (Å²) in [6, 6.07) is 14.4. The maximum absolute atomic E-state index is 13.7. The summed E-state index contributed by atoms with van der Waals surface area (Å²) in [7, 11) is 0. The quantitative estimate of drug-likeness (QED) is 0.796. The molecular weight excluding hydrogens is 371 g/mol. The number of hydrogen-bond acceptors (Lipinski definition) is 2. The van der Waals surface area contributed by atoms with Crippen molar-refractivity contribution in [3.63, 3.8) is 0 Å². The van der Waals surface area contributed by atoms with Crippen molar-refractivity contribution in [2.75, 3.05) is 32.7 Å². The summed E-state index contributed by atoms with van der Waals surface area (Å²) in [6.07, 6.45) is 0.702. The lowest BCUT2D eigenvalue weighted by Gasteiger charge is -2.34. The van der Waals surface area contributed by atoms with Crippen LogP contribution in [0.15, 0.2) is 53.0 Å². The molecule has 2 aromatic carbocycles. The van der Waals surface area contributed by atoms with Crippen LogP contribution < -0.4 is 0 Å². The van der Waals surface area contributed by atoms with Gasteiger partial charge >= 0.3 is 0 Å². The van der Waals surface area contributed by atoms with E-state index in [0.717, 1.165) is 35.2 Å². The second-order valence-electron chi connectivity index (χ2n) is 5.98. The third-order valence-electron chi connectivity index (χ3n) is 4.41. The summed E-state index contributed by atoms with van der Waals surface area (Å²) in [4.78, 5) is 16.7. The van der Waals surface area contributed by atoms with Gasteiger partial charge in [0.05, 0.1) is 0 Å². The minimum atomic E-state index is -0.137. The maximum atomic E-state index is 13.7. The number of benzene rings is 2. The smallest absolute Gasteiger partial charge is 0.253 e. The van der Waals surface area contributed by atoms with E-state index in [1.54, 1.807) is 6.07 Å². The van der Waals surface area contributed by atoms with Gasteiger partial charge in [-0.2, -0.15) is 0 Å². The molecule has 0 spiro atoms. The number of carbonyl (C=O) groups excluding carboxylic acids is 1. The van der Waals surface area contributed by atoms with E-state index in [0.29, 0.717) is 19.5 Å². The second-order valence-corrected chi connectivity index (χ2v) is 6.90. The van der Waals surface area contributed by atoms with Crippen LogP contribution in [0.4, 0.5) is 4.39 Å². The topological polar surface area (TPSA) is 23.6 Å². The number of piperazine rings is 1. The number of halogens is 2. The Morgan fingerprint density at radius 1 is 1.00 bits per heavy atom. The molecule has 2 aromatic rings. The molecule has 0 atom stereocenters. The van der Waals surface area contributed by atoms with E-state index in [9.17, 15) is 9.18 Å². The van der Waals surface area contributed by atoms with E-state index >= 15 is 0 Å². The summed E-state index contributed by atoms with van der Waals surface area (Å²) in [5.74, 6) is -0.0576. The molecule has 1 amide bonds. The summed E-state index contributed by atoms with van der Waals surface area (Å²) < 4.78 is 14.6.